The third-order valence-electron chi connectivity index (χ3n) is 6.51. The van der Waals surface area contributed by atoms with Gasteiger partial charge in [-0.3, -0.25) is 19.6 Å². The molecule has 1 aromatic heterocycles. The van der Waals surface area contributed by atoms with E-state index in [9.17, 15) is 9.59 Å². The summed E-state index contributed by atoms with van der Waals surface area (Å²) in [5.74, 6) is 1.19. The molecule has 2 fully saturated rings. The molecule has 0 unspecified atom stereocenters. The second kappa shape index (κ2) is 8.94. The molecule has 0 aliphatic carbocycles. The van der Waals surface area contributed by atoms with Crippen LogP contribution >= 0.6 is 11.8 Å². The molecule has 0 saturated carbocycles. The van der Waals surface area contributed by atoms with Gasteiger partial charge in [-0.1, -0.05) is 0 Å². The Hall–Kier alpha value is -3.50. The van der Waals surface area contributed by atoms with Crippen molar-refractivity contribution in [3.63, 3.8) is 0 Å². The summed E-state index contributed by atoms with van der Waals surface area (Å²) in [6.45, 7) is 2.90. The number of methoxy groups -OCH3 is 1. The zero-order valence-electron chi connectivity index (χ0n) is 19.2. The van der Waals surface area contributed by atoms with Gasteiger partial charge in [-0.2, -0.15) is 0 Å². The number of aromatic nitrogens is 1. The molecule has 35 heavy (non-hydrogen) atoms. The first kappa shape index (κ1) is 22.0. The molecule has 2 N–H and O–H groups in total. The largest absolute Gasteiger partial charge is 0.497 e. The molecule has 9 nitrogen and oxygen atoms in total. The Morgan fingerprint density at radius 3 is 2.91 bits per heavy atom. The molecular formula is C25H25N5O4S. The molecule has 1 atom stereocenters. The summed E-state index contributed by atoms with van der Waals surface area (Å²) in [5.41, 5.74) is 3.44. The molecule has 6 rings (SSSR count). The highest BCUT2D eigenvalue weighted by Crippen LogP contribution is 2.35. The summed E-state index contributed by atoms with van der Waals surface area (Å²) < 4.78 is 11.0. The number of hydrogen-bond acceptors (Lipinski definition) is 8. The summed E-state index contributed by atoms with van der Waals surface area (Å²) in [4.78, 5) is 33.6. The van der Waals surface area contributed by atoms with Gasteiger partial charge in [0.05, 0.1) is 36.7 Å². The van der Waals surface area contributed by atoms with Crippen LogP contribution in [0.2, 0.25) is 0 Å². The van der Waals surface area contributed by atoms with E-state index in [0.717, 1.165) is 51.7 Å². The number of rotatable bonds is 6. The Kier molecular flexibility index (Phi) is 5.62. The fourth-order valence-electron chi connectivity index (χ4n) is 4.76. The van der Waals surface area contributed by atoms with Gasteiger partial charge in [0.1, 0.15) is 11.9 Å². The number of nitrogens with one attached hydrogen (secondary N) is 2. The SMILES string of the molecule is COc1ccc2nccc(NC3CN(C[C@@H]4CN(c5ccc6c(c5)NC(=O)CS6)C(=O)O4)C3)c2c1. The van der Waals surface area contributed by atoms with E-state index in [1.165, 1.54) is 11.8 Å². The second-order valence-corrected chi connectivity index (χ2v) is 9.95. The molecule has 2 amide bonds. The number of benzene rings is 2. The minimum Gasteiger partial charge on any atom is -0.497 e. The summed E-state index contributed by atoms with van der Waals surface area (Å²) in [6.07, 6.45) is 1.26. The van der Waals surface area contributed by atoms with Gasteiger partial charge >= 0.3 is 6.09 Å². The van der Waals surface area contributed by atoms with Crippen LogP contribution in [0.3, 0.4) is 0 Å². The minimum atomic E-state index is -0.350. The van der Waals surface area contributed by atoms with Crippen molar-refractivity contribution < 1.29 is 19.1 Å². The predicted octanol–water partition coefficient (Wildman–Crippen LogP) is 3.41. The van der Waals surface area contributed by atoms with Crippen LogP contribution in [0.15, 0.2) is 53.6 Å². The normalized spacial score (nSPS) is 20.3. The number of carbonyl (C=O) groups is 2. The van der Waals surface area contributed by atoms with Gasteiger partial charge < -0.3 is 20.1 Å². The van der Waals surface area contributed by atoms with Gasteiger partial charge in [-0.15, -0.1) is 11.8 Å². The van der Waals surface area contributed by atoms with Gasteiger partial charge in [0.25, 0.3) is 0 Å². The third kappa shape index (κ3) is 4.35. The summed E-state index contributed by atoms with van der Waals surface area (Å²) in [5, 5.41) is 7.52. The highest BCUT2D eigenvalue weighted by atomic mass is 32.2. The van der Waals surface area contributed by atoms with Crippen LogP contribution < -0.4 is 20.3 Å². The average molecular weight is 492 g/mol. The highest BCUT2D eigenvalue weighted by molar-refractivity contribution is 8.00. The van der Waals surface area contributed by atoms with Gasteiger partial charge in [0.15, 0.2) is 0 Å². The number of ether oxygens (including phenoxy) is 2. The molecule has 3 aliphatic rings. The van der Waals surface area contributed by atoms with E-state index in [2.05, 4.69) is 20.5 Å². The Balaban J connectivity index is 1.05. The van der Waals surface area contributed by atoms with Crippen molar-refractivity contribution in [1.29, 1.82) is 0 Å². The molecule has 2 aromatic carbocycles. The monoisotopic (exact) mass is 491 g/mol. The van der Waals surface area contributed by atoms with Gasteiger partial charge in [0.2, 0.25) is 5.91 Å². The topological polar surface area (TPSA) is 96.0 Å². The van der Waals surface area contributed by atoms with Crippen molar-refractivity contribution >= 4 is 51.7 Å². The number of cyclic esters (lactones) is 1. The van der Waals surface area contributed by atoms with Crippen LogP contribution in [0, 0.1) is 0 Å². The van der Waals surface area contributed by atoms with Crippen LogP contribution in [0.4, 0.5) is 21.9 Å². The lowest BCUT2D eigenvalue weighted by Gasteiger charge is -2.41. The summed E-state index contributed by atoms with van der Waals surface area (Å²) in [6, 6.07) is 13.9. The van der Waals surface area contributed by atoms with E-state index < -0.39 is 0 Å². The number of hydrogen-bond donors (Lipinski definition) is 2. The number of pyridine rings is 1. The van der Waals surface area contributed by atoms with Gasteiger partial charge in [-0.25, -0.2) is 4.79 Å². The maximum Gasteiger partial charge on any atom is 0.414 e. The van der Waals surface area contributed by atoms with Crippen LogP contribution in [0.25, 0.3) is 10.9 Å². The van der Waals surface area contributed by atoms with Crippen LogP contribution in [0.5, 0.6) is 5.75 Å². The lowest BCUT2D eigenvalue weighted by molar-refractivity contribution is -0.113. The van der Waals surface area contributed by atoms with Crippen molar-refractivity contribution in [2.75, 3.05) is 54.6 Å². The van der Waals surface area contributed by atoms with Crippen molar-refractivity contribution in [3.05, 3.63) is 48.7 Å². The first-order valence-electron chi connectivity index (χ1n) is 11.5. The van der Waals surface area contributed by atoms with E-state index in [4.69, 9.17) is 9.47 Å². The zero-order chi connectivity index (χ0) is 23.9. The molecule has 2 saturated heterocycles. The lowest BCUT2D eigenvalue weighted by Crippen LogP contribution is -2.56. The number of amides is 2. The lowest BCUT2D eigenvalue weighted by atomic mass is 10.1. The molecule has 3 aromatic rings. The molecule has 0 spiro atoms. The van der Waals surface area contributed by atoms with E-state index >= 15 is 0 Å². The van der Waals surface area contributed by atoms with E-state index in [0.29, 0.717) is 24.9 Å². The number of likely N-dealkylation sites (tertiary alicyclic amines) is 1. The van der Waals surface area contributed by atoms with Gasteiger partial charge in [-0.05, 0) is 42.5 Å². The number of nitrogens with zero attached hydrogens (tertiary/aromatic N) is 3. The van der Waals surface area contributed by atoms with Crippen LogP contribution in [-0.4, -0.2) is 73.1 Å². The molecular weight excluding hydrogens is 466 g/mol. The smallest absolute Gasteiger partial charge is 0.414 e. The molecule has 4 heterocycles. The van der Waals surface area contributed by atoms with Crippen molar-refractivity contribution in [2.24, 2.45) is 0 Å². The van der Waals surface area contributed by atoms with E-state index in [1.807, 2.05) is 48.7 Å². The number of carbonyl (C=O) groups excluding carboxylic acids is 2. The van der Waals surface area contributed by atoms with Crippen LogP contribution in [0.1, 0.15) is 0 Å². The second-order valence-electron chi connectivity index (χ2n) is 8.94. The molecule has 0 radical (unpaired) electrons. The molecule has 3 aliphatic heterocycles. The average Bonchev–Trinajstić information content (AvgIpc) is 3.22. The Labute approximate surface area is 206 Å². The Bertz CT molecular complexity index is 1310. The molecule has 10 heteroatoms. The van der Waals surface area contributed by atoms with Crippen molar-refractivity contribution in [1.82, 2.24) is 9.88 Å². The number of fused-ring (bicyclic) bond motifs is 2. The maximum atomic E-state index is 12.6. The maximum absolute atomic E-state index is 12.6. The number of thioether (sulfide) groups is 1. The van der Waals surface area contributed by atoms with E-state index in [-0.39, 0.29) is 18.1 Å². The van der Waals surface area contributed by atoms with Crippen LogP contribution in [-0.2, 0) is 9.53 Å². The Morgan fingerprint density at radius 2 is 2.06 bits per heavy atom. The third-order valence-corrected chi connectivity index (χ3v) is 7.58. The van der Waals surface area contributed by atoms with Crippen molar-refractivity contribution in [3.8, 4) is 5.75 Å². The minimum absolute atomic E-state index is 0.0265. The molecule has 0 bridgehead atoms. The standard InChI is InChI=1S/C25H25N5O4S/c1-33-17-3-4-20-19(9-17)21(6-7-26-20)27-15-10-29(11-15)12-18-13-30(25(32)34-18)16-2-5-23-22(8-16)28-24(31)14-35-23/h2-9,15,18H,10-14H2,1H3,(H,26,27)(H,28,31)/t18-/m1/s1. The zero-order valence-corrected chi connectivity index (χ0v) is 20.0. The van der Waals surface area contributed by atoms with Crippen molar-refractivity contribution in [2.45, 2.75) is 17.0 Å². The summed E-state index contributed by atoms with van der Waals surface area (Å²) >= 11 is 1.50. The highest BCUT2D eigenvalue weighted by Gasteiger charge is 2.37. The quantitative estimate of drug-likeness (QED) is 0.542. The number of anilines is 3. The first-order chi connectivity index (χ1) is 17.1. The predicted molar refractivity (Wildman–Crippen MR) is 136 cm³/mol. The summed E-state index contributed by atoms with van der Waals surface area (Å²) in [7, 11) is 1.66. The first-order valence-corrected chi connectivity index (χ1v) is 12.5. The van der Waals surface area contributed by atoms with E-state index in [1.54, 1.807) is 12.0 Å². The fourth-order valence-corrected chi connectivity index (χ4v) is 5.55. The van der Waals surface area contributed by atoms with Gasteiger partial charge in [0, 0.05) is 47.5 Å². The Morgan fingerprint density at radius 1 is 1.17 bits per heavy atom. The fraction of sp³-hybridized carbons (Fsp3) is 0.320. The molecule has 180 valence electrons.